The summed E-state index contributed by atoms with van der Waals surface area (Å²) in [6, 6.07) is 2.91. The molecule has 2 nitrogen and oxygen atoms in total. The fourth-order valence-electron chi connectivity index (χ4n) is 2.09. The summed E-state index contributed by atoms with van der Waals surface area (Å²) in [5.41, 5.74) is 5.91. The van der Waals surface area contributed by atoms with E-state index in [0.717, 1.165) is 8.66 Å². The van der Waals surface area contributed by atoms with E-state index < -0.39 is 18.8 Å². The van der Waals surface area contributed by atoms with Crippen LogP contribution in [-0.2, 0) is 0 Å². The largest absolute Gasteiger partial charge is 0.401 e. The van der Waals surface area contributed by atoms with Gasteiger partial charge in [-0.2, -0.15) is 13.2 Å². The van der Waals surface area contributed by atoms with Crippen molar-refractivity contribution in [2.45, 2.75) is 38.5 Å². The fourth-order valence-corrected chi connectivity index (χ4v) is 3.77. The standard InChI is InChI=1S/C12H18BrF3N2S/c1-3-6-18(7-12(14,15)16)11(8(2)17)9-4-5-10(13)19-9/h4-5,8,11H,3,6-7,17H2,1-2H3. The summed E-state index contributed by atoms with van der Waals surface area (Å²) in [6.07, 6.45) is -3.55. The molecule has 0 fully saturated rings. The van der Waals surface area contributed by atoms with Gasteiger partial charge < -0.3 is 5.73 Å². The molecule has 0 saturated carbocycles. The minimum atomic E-state index is -4.21. The highest BCUT2D eigenvalue weighted by molar-refractivity contribution is 9.11. The Morgan fingerprint density at radius 2 is 2.05 bits per heavy atom. The third kappa shape index (κ3) is 5.41. The molecule has 19 heavy (non-hydrogen) atoms. The van der Waals surface area contributed by atoms with Crippen molar-refractivity contribution < 1.29 is 13.2 Å². The molecule has 7 heteroatoms. The van der Waals surface area contributed by atoms with Crippen LogP contribution in [0.2, 0.25) is 0 Å². The van der Waals surface area contributed by atoms with Gasteiger partial charge in [0, 0.05) is 10.9 Å². The molecule has 0 aliphatic rings. The van der Waals surface area contributed by atoms with Gasteiger partial charge in [-0.3, -0.25) is 4.90 Å². The zero-order valence-corrected chi connectivity index (χ0v) is 13.3. The van der Waals surface area contributed by atoms with E-state index in [2.05, 4.69) is 15.9 Å². The molecule has 1 rings (SSSR count). The Labute approximate surface area is 123 Å². The molecule has 0 saturated heterocycles. The summed E-state index contributed by atoms with van der Waals surface area (Å²) in [5.74, 6) is 0. The Bertz CT molecular complexity index is 393. The van der Waals surface area contributed by atoms with E-state index in [0.29, 0.717) is 13.0 Å². The number of halogens is 4. The van der Waals surface area contributed by atoms with Gasteiger partial charge in [0.2, 0.25) is 0 Å². The second kappa shape index (κ2) is 7.06. The van der Waals surface area contributed by atoms with Crippen molar-refractivity contribution >= 4 is 27.3 Å². The van der Waals surface area contributed by atoms with Gasteiger partial charge in [-0.05, 0) is 48.0 Å². The van der Waals surface area contributed by atoms with Gasteiger partial charge in [-0.15, -0.1) is 11.3 Å². The lowest BCUT2D eigenvalue weighted by Gasteiger charge is -2.34. The summed E-state index contributed by atoms with van der Waals surface area (Å²) >= 11 is 4.77. The number of nitrogens with two attached hydrogens (primary N) is 1. The molecule has 0 spiro atoms. The van der Waals surface area contributed by atoms with Crippen LogP contribution in [0.1, 0.15) is 31.2 Å². The summed E-state index contributed by atoms with van der Waals surface area (Å²) in [4.78, 5) is 2.28. The second-order valence-corrected chi connectivity index (χ2v) is 7.03. The lowest BCUT2D eigenvalue weighted by atomic mass is 10.1. The third-order valence-electron chi connectivity index (χ3n) is 2.67. The van der Waals surface area contributed by atoms with Gasteiger partial charge in [0.1, 0.15) is 0 Å². The lowest BCUT2D eigenvalue weighted by molar-refractivity contribution is -0.151. The van der Waals surface area contributed by atoms with Crippen LogP contribution in [-0.4, -0.2) is 30.2 Å². The summed E-state index contributed by atoms with van der Waals surface area (Å²) in [7, 11) is 0. The Balaban J connectivity index is 2.99. The number of nitrogens with zero attached hydrogens (tertiary/aromatic N) is 1. The maximum absolute atomic E-state index is 12.7. The van der Waals surface area contributed by atoms with Gasteiger partial charge in [0.05, 0.1) is 16.4 Å². The van der Waals surface area contributed by atoms with Crippen LogP contribution < -0.4 is 5.73 Å². The smallest absolute Gasteiger partial charge is 0.326 e. The van der Waals surface area contributed by atoms with Crippen molar-refractivity contribution in [2.24, 2.45) is 5.73 Å². The van der Waals surface area contributed by atoms with Crippen molar-refractivity contribution in [3.63, 3.8) is 0 Å². The predicted octanol–water partition coefficient (Wildman–Crippen LogP) is 4.17. The number of hydrogen-bond acceptors (Lipinski definition) is 3. The zero-order chi connectivity index (χ0) is 14.6. The van der Waals surface area contributed by atoms with Gasteiger partial charge in [0.25, 0.3) is 0 Å². The first-order valence-corrected chi connectivity index (χ1v) is 7.67. The van der Waals surface area contributed by atoms with E-state index in [9.17, 15) is 13.2 Å². The fraction of sp³-hybridized carbons (Fsp3) is 0.667. The molecule has 2 unspecified atom stereocenters. The van der Waals surface area contributed by atoms with Crippen LogP contribution in [0.15, 0.2) is 15.9 Å². The highest BCUT2D eigenvalue weighted by Gasteiger charge is 2.35. The van der Waals surface area contributed by atoms with E-state index in [4.69, 9.17) is 5.73 Å². The normalized spacial score (nSPS) is 15.8. The van der Waals surface area contributed by atoms with Crippen LogP contribution in [0, 0.1) is 0 Å². The number of thiophene rings is 1. The van der Waals surface area contributed by atoms with Gasteiger partial charge in [-0.1, -0.05) is 6.92 Å². The molecular formula is C12H18BrF3N2S. The topological polar surface area (TPSA) is 29.3 Å². The maximum Gasteiger partial charge on any atom is 0.401 e. The minimum absolute atomic E-state index is 0.362. The molecule has 0 amide bonds. The first-order valence-electron chi connectivity index (χ1n) is 6.06. The van der Waals surface area contributed by atoms with E-state index in [1.165, 1.54) is 16.2 Å². The molecule has 0 aliphatic carbocycles. The summed E-state index contributed by atoms with van der Waals surface area (Å²) < 4.78 is 39.0. The van der Waals surface area contributed by atoms with E-state index in [1.807, 2.05) is 19.1 Å². The predicted molar refractivity (Wildman–Crippen MR) is 76.3 cm³/mol. The minimum Gasteiger partial charge on any atom is -0.326 e. The molecule has 2 N–H and O–H groups in total. The Hall–Kier alpha value is -0.110. The van der Waals surface area contributed by atoms with Gasteiger partial charge in [0.15, 0.2) is 0 Å². The number of rotatable bonds is 6. The molecule has 0 radical (unpaired) electrons. The van der Waals surface area contributed by atoms with Crippen molar-refractivity contribution in [1.82, 2.24) is 4.90 Å². The summed E-state index contributed by atoms with van der Waals surface area (Å²) in [5, 5.41) is 0. The quantitative estimate of drug-likeness (QED) is 0.826. The second-order valence-electron chi connectivity index (χ2n) is 4.53. The third-order valence-corrected chi connectivity index (χ3v) is 4.36. The van der Waals surface area contributed by atoms with Crippen LogP contribution in [0.5, 0.6) is 0 Å². The number of alkyl halides is 3. The van der Waals surface area contributed by atoms with E-state index >= 15 is 0 Å². The molecule has 110 valence electrons. The average molecular weight is 359 g/mol. The van der Waals surface area contributed by atoms with Crippen molar-refractivity contribution in [3.8, 4) is 0 Å². The molecule has 0 bridgehead atoms. The van der Waals surface area contributed by atoms with Crippen LogP contribution in [0.25, 0.3) is 0 Å². The van der Waals surface area contributed by atoms with Crippen molar-refractivity contribution in [3.05, 3.63) is 20.8 Å². The molecular weight excluding hydrogens is 341 g/mol. The van der Waals surface area contributed by atoms with Gasteiger partial charge >= 0.3 is 6.18 Å². The zero-order valence-electron chi connectivity index (χ0n) is 10.9. The summed E-state index contributed by atoms with van der Waals surface area (Å²) in [6.45, 7) is 3.06. The molecule has 1 aromatic rings. The molecule has 2 atom stereocenters. The molecule has 1 aromatic heterocycles. The Morgan fingerprint density at radius 1 is 1.42 bits per heavy atom. The molecule has 0 aliphatic heterocycles. The highest BCUT2D eigenvalue weighted by Crippen LogP contribution is 2.34. The van der Waals surface area contributed by atoms with E-state index in [1.54, 1.807) is 6.92 Å². The first kappa shape index (κ1) is 16.9. The monoisotopic (exact) mass is 358 g/mol. The Morgan fingerprint density at radius 3 is 2.42 bits per heavy atom. The SMILES string of the molecule is CCCN(CC(F)(F)F)C(c1ccc(Br)s1)C(C)N. The number of hydrogen-bond donors (Lipinski definition) is 1. The Kier molecular flexibility index (Phi) is 6.29. The molecule has 1 heterocycles. The molecule has 0 aromatic carbocycles. The lowest BCUT2D eigenvalue weighted by Crippen LogP contribution is -2.44. The van der Waals surface area contributed by atoms with Crippen LogP contribution >= 0.6 is 27.3 Å². The first-order chi connectivity index (χ1) is 8.74. The van der Waals surface area contributed by atoms with Crippen molar-refractivity contribution in [2.75, 3.05) is 13.1 Å². The van der Waals surface area contributed by atoms with Crippen LogP contribution in [0.4, 0.5) is 13.2 Å². The van der Waals surface area contributed by atoms with E-state index in [-0.39, 0.29) is 6.04 Å². The average Bonchev–Trinajstić information content (AvgIpc) is 2.62. The highest BCUT2D eigenvalue weighted by atomic mass is 79.9. The van der Waals surface area contributed by atoms with Crippen LogP contribution in [0.3, 0.4) is 0 Å². The van der Waals surface area contributed by atoms with Gasteiger partial charge in [-0.25, -0.2) is 0 Å². The maximum atomic E-state index is 12.7. The van der Waals surface area contributed by atoms with Crippen molar-refractivity contribution in [1.29, 1.82) is 0 Å².